The van der Waals surface area contributed by atoms with Gasteiger partial charge in [-0.1, -0.05) is 83.5 Å². The first kappa shape index (κ1) is 17.1. The second kappa shape index (κ2) is 16.1. The first-order chi connectivity index (χ1) is 8.91. The number of nitrogens with zero attached hydrogens (tertiary/aromatic N) is 1. The molecule has 0 spiro atoms. The molecule has 1 nitrogen and oxygen atoms in total. The zero-order chi connectivity index (χ0) is 13.3. The highest BCUT2D eigenvalue weighted by atomic mass is 14.2. The van der Waals surface area contributed by atoms with Gasteiger partial charge in [-0.25, -0.2) is 0 Å². The summed E-state index contributed by atoms with van der Waals surface area (Å²) in [5.41, 5.74) is 0. The smallest absolute Gasteiger partial charge is 0.152 e. The van der Waals surface area contributed by atoms with Gasteiger partial charge in [0.05, 0.1) is 0 Å². The average Bonchev–Trinajstić information content (AvgIpc) is 2.39. The van der Waals surface area contributed by atoms with E-state index < -0.39 is 0 Å². The van der Waals surface area contributed by atoms with E-state index in [9.17, 15) is 0 Å². The van der Waals surface area contributed by atoms with Gasteiger partial charge in [0.25, 0.3) is 0 Å². The first-order valence-electron chi connectivity index (χ1n) is 7.78. The van der Waals surface area contributed by atoms with Gasteiger partial charge in [0.15, 0.2) is 6.07 Å². The van der Waals surface area contributed by atoms with Crippen molar-refractivity contribution in [3.8, 4) is 17.9 Å². The highest BCUT2D eigenvalue weighted by molar-refractivity contribution is 5.16. The second-order valence-electron chi connectivity index (χ2n) is 5.05. The normalized spacial score (nSPS) is 9.56. The van der Waals surface area contributed by atoms with Crippen molar-refractivity contribution in [3.05, 3.63) is 0 Å². The minimum atomic E-state index is 0.894. The Hall–Kier alpha value is -0.950. The Kier molecular flexibility index (Phi) is 15.2. The van der Waals surface area contributed by atoms with E-state index in [0.717, 1.165) is 12.8 Å². The fraction of sp³-hybridized carbons (Fsp3) is 0.824. The molecule has 0 heterocycles. The molecule has 0 atom stereocenters. The van der Waals surface area contributed by atoms with Crippen LogP contribution in [0, 0.1) is 23.2 Å². The van der Waals surface area contributed by atoms with E-state index in [0.29, 0.717) is 0 Å². The zero-order valence-electron chi connectivity index (χ0n) is 12.1. The highest BCUT2D eigenvalue weighted by Crippen LogP contribution is 2.12. The van der Waals surface area contributed by atoms with Crippen LogP contribution in [0.1, 0.15) is 90.4 Å². The molecule has 0 fully saturated rings. The number of unbranched alkanes of at least 4 members (excludes halogenated alkanes) is 12. The number of nitriles is 1. The van der Waals surface area contributed by atoms with Crippen LogP contribution in [0.25, 0.3) is 0 Å². The molecule has 0 rings (SSSR count). The SMILES string of the molecule is CCCCCCCCCCCCCCC#CC#N. The van der Waals surface area contributed by atoms with Crippen molar-refractivity contribution >= 4 is 0 Å². The summed E-state index contributed by atoms with van der Waals surface area (Å²) in [5, 5.41) is 8.23. The van der Waals surface area contributed by atoms with Gasteiger partial charge < -0.3 is 0 Å². The van der Waals surface area contributed by atoms with Crippen LogP contribution in [0.4, 0.5) is 0 Å². The number of hydrogen-bond acceptors (Lipinski definition) is 1. The van der Waals surface area contributed by atoms with Gasteiger partial charge in [-0.15, -0.1) is 0 Å². The van der Waals surface area contributed by atoms with Crippen LogP contribution in [0.2, 0.25) is 0 Å². The maximum absolute atomic E-state index is 8.23. The van der Waals surface area contributed by atoms with Gasteiger partial charge in [0, 0.05) is 12.3 Å². The van der Waals surface area contributed by atoms with Crippen molar-refractivity contribution in [1.82, 2.24) is 0 Å². The van der Waals surface area contributed by atoms with Gasteiger partial charge in [0.1, 0.15) is 0 Å². The molecule has 0 N–H and O–H groups in total. The molecule has 0 aliphatic rings. The van der Waals surface area contributed by atoms with Crippen LogP contribution in [0.15, 0.2) is 0 Å². The van der Waals surface area contributed by atoms with E-state index >= 15 is 0 Å². The molecule has 1 heteroatoms. The van der Waals surface area contributed by atoms with Gasteiger partial charge in [-0.3, -0.25) is 0 Å². The minimum absolute atomic E-state index is 0.894. The molecule has 0 unspecified atom stereocenters. The summed E-state index contributed by atoms with van der Waals surface area (Å²) in [6.07, 6.45) is 17.3. The lowest BCUT2D eigenvalue weighted by molar-refractivity contribution is 0.545. The topological polar surface area (TPSA) is 23.8 Å². The predicted molar refractivity (Wildman–Crippen MR) is 79.1 cm³/mol. The highest BCUT2D eigenvalue weighted by Gasteiger charge is 1.92. The summed E-state index contributed by atoms with van der Waals surface area (Å²) in [6, 6.07) is 1.85. The van der Waals surface area contributed by atoms with Crippen molar-refractivity contribution in [2.45, 2.75) is 90.4 Å². The zero-order valence-corrected chi connectivity index (χ0v) is 12.1. The fourth-order valence-corrected chi connectivity index (χ4v) is 2.16. The molecule has 0 radical (unpaired) electrons. The monoisotopic (exact) mass is 247 g/mol. The minimum Gasteiger partial charge on any atom is -0.183 e. The van der Waals surface area contributed by atoms with E-state index in [1.807, 2.05) is 6.07 Å². The third-order valence-electron chi connectivity index (χ3n) is 3.30. The van der Waals surface area contributed by atoms with Crippen molar-refractivity contribution in [1.29, 1.82) is 5.26 Å². The van der Waals surface area contributed by atoms with Crippen LogP contribution in [-0.4, -0.2) is 0 Å². The molecule has 0 aromatic heterocycles. The summed E-state index contributed by atoms with van der Waals surface area (Å²) in [4.78, 5) is 0. The quantitative estimate of drug-likeness (QED) is 0.325. The average molecular weight is 247 g/mol. The molecule has 0 amide bonds. The van der Waals surface area contributed by atoms with E-state index in [1.165, 1.54) is 70.6 Å². The molecule has 18 heavy (non-hydrogen) atoms. The fourth-order valence-electron chi connectivity index (χ4n) is 2.16. The van der Waals surface area contributed by atoms with Crippen molar-refractivity contribution in [2.75, 3.05) is 0 Å². The number of hydrogen-bond donors (Lipinski definition) is 0. The predicted octanol–water partition coefficient (Wildman–Crippen LogP) is 5.60. The maximum atomic E-state index is 8.23. The van der Waals surface area contributed by atoms with Gasteiger partial charge >= 0.3 is 0 Å². The standard InChI is InChI=1S/C17H29N/c1-2-3-4-5-6-7-8-9-10-11-12-13-14-15-16-17-18/h2-14H2,1H3. The molecule has 0 aromatic carbocycles. The molecule has 0 aliphatic heterocycles. The van der Waals surface area contributed by atoms with Crippen LogP contribution in [-0.2, 0) is 0 Å². The van der Waals surface area contributed by atoms with Crippen LogP contribution < -0.4 is 0 Å². The summed E-state index contributed by atoms with van der Waals surface area (Å²) in [6.45, 7) is 2.27. The third-order valence-corrected chi connectivity index (χ3v) is 3.30. The summed E-state index contributed by atoms with van der Waals surface area (Å²) in [5.74, 6) is 5.30. The molecule has 102 valence electrons. The largest absolute Gasteiger partial charge is 0.183 e. The van der Waals surface area contributed by atoms with Gasteiger partial charge in [-0.2, -0.15) is 5.26 Å². The molecule has 0 aromatic rings. The van der Waals surface area contributed by atoms with E-state index in [1.54, 1.807) is 0 Å². The Morgan fingerprint density at radius 2 is 1.11 bits per heavy atom. The van der Waals surface area contributed by atoms with Crippen molar-refractivity contribution in [2.24, 2.45) is 0 Å². The Balaban J connectivity index is 2.97. The lowest BCUT2D eigenvalue weighted by Crippen LogP contribution is -1.82. The van der Waals surface area contributed by atoms with Crippen LogP contribution in [0.3, 0.4) is 0 Å². The van der Waals surface area contributed by atoms with Gasteiger partial charge in [0.2, 0.25) is 0 Å². The van der Waals surface area contributed by atoms with Crippen molar-refractivity contribution < 1.29 is 0 Å². The van der Waals surface area contributed by atoms with E-state index in [4.69, 9.17) is 5.26 Å². The van der Waals surface area contributed by atoms with Crippen LogP contribution >= 0.6 is 0 Å². The maximum Gasteiger partial charge on any atom is 0.152 e. The molecular formula is C17H29N. The molecule has 0 bridgehead atoms. The first-order valence-corrected chi connectivity index (χ1v) is 7.78. The summed E-state index contributed by atoms with van der Waals surface area (Å²) >= 11 is 0. The Morgan fingerprint density at radius 1 is 0.667 bits per heavy atom. The third kappa shape index (κ3) is 15.0. The van der Waals surface area contributed by atoms with Crippen LogP contribution in [0.5, 0.6) is 0 Å². The summed E-state index contributed by atoms with van der Waals surface area (Å²) < 4.78 is 0. The van der Waals surface area contributed by atoms with Gasteiger partial charge in [-0.05, 0) is 6.42 Å². The summed E-state index contributed by atoms with van der Waals surface area (Å²) in [7, 11) is 0. The molecule has 0 saturated carbocycles. The lowest BCUT2D eigenvalue weighted by atomic mass is 10.0. The van der Waals surface area contributed by atoms with Crippen molar-refractivity contribution in [3.63, 3.8) is 0 Å². The Morgan fingerprint density at radius 3 is 1.56 bits per heavy atom. The van der Waals surface area contributed by atoms with E-state index in [-0.39, 0.29) is 0 Å². The second-order valence-corrected chi connectivity index (χ2v) is 5.05. The Labute approximate surface area is 114 Å². The molecular weight excluding hydrogens is 218 g/mol. The van der Waals surface area contributed by atoms with E-state index in [2.05, 4.69) is 18.8 Å². The lowest BCUT2D eigenvalue weighted by Gasteiger charge is -2.01. The molecule has 0 saturated heterocycles. The molecule has 0 aliphatic carbocycles. The number of rotatable bonds is 12. The Bertz CT molecular complexity index is 251.